The minimum atomic E-state index is -5.75. The van der Waals surface area contributed by atoms with Crippen LogP contribution in [-0.2, 0) is 0 Å². The van der Waals surface area contributed by atoms with Gasteiger partial charge in [0.05, 0.1) is 6.10 Å². The summed E-state index contributed by atoms with van der Waals surface area (Å²) in [5, 5.41) is 20.5. The molecule has 0 aromatic heterocycles. The molecule has 4 aliphatic rings. The monoisotopic (exact) mass is 510 g/mol. The van der Waals surface area contributed by atoms with Gasteiger partial charge in [0.1, 0.15) is 0 Å². The van der Waals surface area contributed by atoms with Crippen LogP contribution in [0.5, 0.6) is 0 Å². The van der Waals surface area contributed by atoms with Crippen LogP contribution in [0.15, 0.2) is 11.6 Å². The lowest BCUT2D eigenvalue weighted by Crippen LogP contribution is -2.56. The summed E-state index contributed by atoms with van der Waals surface area (Å²) < 4.78 is 78.3. The molecular weight excluding hydrogens is 470 g/mol. The van der Waals surface area contributed by atoms with Gasteiger partial charge in [-0.15, -0.1) is 0 Å². The average Bonchev–Trinajstić information content (AvgIpc) is 3.10. The van der Waals surface area contributed by atoms with Gasteiger partial charge in [-0.25, -0.2) is 0 Å². The van der Waals surface area contributed by atoms with E-state index in [2.05, 4.69) is 19.9 Å². The van der Waals surface area contributed by atoms with E-state index in [0.717, 1.165) is 51.4 Å². The molecule has 2 nitrogen and oxygen atoms in total. The third-order valence-corrected chi connectivity index (χ3v) is 11.0. The maximum absolute atomic E-state index is 13.1. The van der Waals surface area contributed by atoms with Gasteiger partial charge >= 0.3 is 12.4 Å². The molecule has 1 unspecified atom stereocenters. The fraction of sp³-hybridized carbons (Fsp3) is 0.926. The zero-order valence-corrected chi connectivity index (χ0v) is 21.0. The van der Waals surface area contributed by atoms with Crippen molar-refractivity contribution in [3.63, 3.8) is 0 Å². The van der Waals surface area contributed by atoms with Crippen molar-refractivity contribution in [2.75, 3.05) is 0 Å². The summed E-state index contributed by atoms with van der Waals surface area (Å²) in [7, 11) is 0. The molecule has 2 N–H and O–H groups in total. The van der Waals surface area contributed by atoms with E-state index in [-0.39, 0.29) is 41.6 Å². The topological polar surface area (TPSA) is 40.5 Å². The molecule has 0 spiro atoms. The molecular formula is C27H40F6O2. The Morgan fingerprint density at radius 3 is 2.29 bits per heavy atom. The molecule has 3 saturated carbocycles. The van der Waals surface area contributed by atoms with E-state index in [4.69, 9.17) is 0 Å². The van der Waals surface area contributed by atoms with Crippen molar-refractivity contribution in [2.24, 2.45) is 40.4 Å². The van der Waals surface area contributed by atoms with Crippen LogP contribution < -0.4 is 0 Å². The average molecular weight is 511 g/mol. The molecule has 0 amide bonds. The zero-order valence-electron chi connectivity index (χ0n) is 21.0. The van der Waals surface area contributed by atoms with E-state index < -0.39 is 24.4 Å². The number of fused-ring (bicyclic) bond motifs is 5. The van der Waals surface area contributed by atoms with E-state index in [9.17, 15) is 36.6 Å². The molecule has 0 aliphatic heterocycles. The second-order valence-corrected chi connectivity index (χ2v) is 12.5. The lowest BCUT2D eigenvalue weighted by molar-refractivity contribution is -0.370. The molecule has 0 bridgehead atoms. The Labute approximate surface area is 204 Å². The summed E-state index contributed by atoms with van der Waals surface area (Å²) in [6.07, 6.45) is -3.02. The fourth-order valence-corrected chi connectivity index (χ4v) is 9.02. The van der Waals surface area contributed by atoms with E-state index in [1.165, 1.54) is 5.57 Å². The summed E-state index contributed by atoms with van der Waals surface area (Å²) in [6.45, 7) is 6.47. The van der Waals surface area contributed by atoms with Gasteiger partial charge < -0.3 is 10.2 Å². The predicted octanol–water partition coefficient (Wildman–Crippen LogP) is 7.59. The van der Waals surface area contributed by atoms with E-state index in [1.807, 2.05) is 6.92 Å². The van der Waals surface area contributed by atoms with Crippen LogP contribution >= 0.6 is 0 Å². The van der Waals surface area contributed by atoms with Crippen LogP contribution in [0.4, 0.5) is 26.3 Å². The van der Waals surface area contributed by atoms with Crippen LogP contribution in [0.3, 0.4) is 0 Å². The van der Waals surface area contributed by atoms with Crippen molar-refractivity contribution < 1.29 is 36.6 Å². The van der Waals surface area contributed by atoms with Crippen molar-refractivity contribution in [3.05, 3.63) is 11.6 Å². The van der Waals surface area contributed by atoms with Crippen molar-refractivity contribution >= 4 is 0 Å². The van der Waals surface area contributed by atoms with Crippen LogP contribution in [0.1, 0.15) is 91.4 Å². The maximum atomic E-state index is 13.1. The number of rotatable bonds is 5. The Morgan fingerprint density at radius 1 is 1.00 bits per heavy atom. The molecule has 8 atom stereocenters. The van der Waals surface area contributed by atoms with Crippen molar-refractivity contribution in [1.29, 1.82) is 0 Å². The summed E-state index contributed by atoms with van der Waals surface area (Å²) >= 11 is 0. The normalized spacial score (nSPS) is 41.0. The number of aliphatic hydroxyl groups excluding tert-OH is 1. The minimum Gasteiger partial charge on any atom is -0.392 e. The molecule has 202 valence electrons. The highest BCUT2D eigenvalue weighted by atomic mass is 19.4. The molecule has 8 heteroatoms. The van der Waals surface area contributed by atoms with Gasteiger partial charge in [-0.2, -0.15) is 26.3 Å². The van der Waals surface area contributed by atoms with Crippen molar-refractivity contribution in [3.8, 4) is 0 Å². The summed E-state index contributed by atoms with van der Waals surface area (Å²) in [6, 6.07) is 0. The molecule has 4 aliphatic carbocycles. The lowest BCUT2D eigenvalue weighted by atomic mass is 9.46. The highest BCUT2D eigenvalue weighted by Crippen LogP contribution is 2.67. The van der Waals surface area contributed by atoms with E-state index in [0.29, 0.717) is 17.8 Å². The van der Waals surface area contributed by atoms with Gasteiger partial charge in [0, 0.05) is 5.41 Å². The molecule has 0 radical (unpaired) electrons. The van der Waals surface area contributed by atoms with Crippen LogP contribution in [0.2, 0.25) is 0 Å². The molecule has 0 aromatic rings. The van der Waals surface area contributed by atoms with Gasteiger partial charge in [0.25, 0.3) is 5.60 Å². The predicted molar refractivity (Wildman–Crippen MR) is 121 cm³/mol. The number of aliphatic hydroxyl groups is 2. The maximum Gasteiger partial charge on any atom is 0.426 e. The molecule has 0 heterocycles. The Bertz CT molecular complexity index is 805. The quantitative estimate of drug-likeness (QED) is 0.296. The summed E-state index contributed by atoms with van der Waals surface area (Å²) in [5.41, 5.74) is -3.41. The highest BCUT2D eigenvalue weighted by molar-refractivity contribution is 5.26. The molecule has 3 fully saturated rings. The SMILES string of the molecule is C[C@H](CCCC(O)(C(F)(F)F)C(F)(F)F)[C@H]1CC[C@H]2[C@@H]3CC=C4CCCC(O)[C@]4(C)[C@H]3CC[C@]12C. The van der Waals surface area contributed by atoms with Crippen LogP contribution in [0.25, 0.3) is 0 Å². The number of allylic oxidation sites excluding steroid dienone is 1. The zero-order chi connectivity index (χ0) is 26.0. The van der Waals surface area contributed by atoms with Gasteiger partial charge in [-0.1, -0.05) is 38.8 Å². The standard InChI is InChI=1S/C27H40F6O2/c1-16(6-5-14-25(35,26(28,29)30)27(31,32)33)19-11-12-20-18-10-9-17-7-4-8-22(34)24(17,3)21(18)13-15-23(19,20)2/h9,16,18-22,34-35H,4-8,10-15H2,1-3H3/t16-,18+,19-,20+,21+,22?,23-,24+/m1/s1. The first-order chi connectivity index (χ1) is 16.1. The van der Waals surface area contributed by atoms with Crippen LogP contribution in [-0.4, -0.2) is 34.3 Å². The van der Waals surface area contributed by atoms with Gasteiger partial charge in [0.15, 0.2) is 0 Å². The van der Waals surface area contributed by atoms with Crippen molar-refractivity contribution in [1.82, 2.24) is 0 Å². The Kier molecular flexibility index (Phi) is 6.95. The Balaban J connectivity index is 1.45. The first-order valence-electron chi connectivity index (χ1n) is 13.3. The molecule has 0 saturated heterocycles. The number of hydrogen-bond donors (Lipinski definition) is 2. The van der Waals surface area contributed by atoms with Gasteiger partial charge in [-0.3, -0.25) is 0 Å². The Morgan fingerprint density at radius 2 is 1.66 bits per heavy atom. The third kappa shape index (κ3) is 4.17. The largest absolute Gasteiger partial charge is 0.426 e. The van der Waals surface area contributed by atoms with E-state index in [1.54, 1.807) is 0 Å². The number of halogens is 6. The van der Waals surface area contributed by atoms with Crippen LogP contribution in [0, 0.1) is 40.4 Å². The molecule has 35 heavy (non-hydrogen) atoms. The third-order valence-electron chi connectivity index (χ3n) is 11.0. The lowest BCUT2D eigenvalue weighted by Gasteiger charge is -2.59. The van der Waals surface area contributed by atoms with Gasteiger partial charge in [0.2, 0.25) is 0 Å². The first-order valence-corrected chi connectivity index (χ1v) is 13.3. The fourth-order valence-electron chi connectivity index (χ4n) is 9.02. The molecule has 0 aromatic carbocycles. The minimum absolute atomic E-state index is 0.00621. The smallest absolute Gasteiger partial charge is 0.392 e. The first kappa shape index (κ1) is 27.3. The van der Waals surface area contributed by atoms with Gasteiger partial charge in [-0.05, 0) is 99.2 Å². The second kappa shape index (κ2) is 8.92. The van der Waals surface area contributed by atoms with E-state index >= 15 is 0 Å². The number of alkyl halides is 6. The number of hydrogen-bond acceptors (Lipinski definition) is 2. The summed E-state index contributed by atoms with van der Waals surface area (Å²) in [4.78, 5) is 0. The second-order valence-electron chi connectivity index (χ2n) is 12.5. The Hall–Kier alpha value is -0.760. The van der Waals surface area contributed by atoms with Crippen molar-refractivity contribution in [2.45, 2.75) is 115 Å². The highest BCUT2D eigenvalue weighted by Gasteiger charge is 2.69. The summed E-state index contributed by atoms with van der Waals surface area (Å²) in [5.74, 6) is 1.58. The molecule has 4 rings (SSSR count).